The van der Waals surface area contributed by atoms with Crippen LogP contribution >= 0.6 is 0 Å². The first kappa shape index (κ1) is 25.8. The molecule has 8 rings (SSSR count). The Morgan fingerprint density at radius 2 is 0.864 bits per heavy atom. The second-order valence-electron chi connectivity index (χ2n) is 11.0. The molecular formula is C40H28N4. The van der Waals surface area contributed by atoms with E-state index in [1.807, 2.05) is 30.3 Å². The van der Waals surface area contributed by atoms with Gasteiger partial charge in [-0.25, -0.2) is 15.0 Å². The number of fused-ring (bicyclic) bond motifs is 3. The molecular weight excluding hydrogens is 536 g/mol. The quantitative estimate of drug-likeness (QED) is 0.209. The third-order valence-corrected chi connectivity index (χ3v) is 8.14. The van der Waals surface area contributed by atoms with E-state index in [1.165, 1.54) is 38.5 Å². The molecule has 0 radical (unpaired) electrons. The molecule has 0 atom stereocenters. The minimum atomic E-state index is 0.649. The lowest BCUT2D eigenvalue weighted by molar-refractivity contribution is 1.07. The average molecular weight is 565 g/mol. The topological polar surface area (TPSA) is 43.6 Å². The van der Waals surface area contributed by atoms with Gasteiger partial charge in [0.2, 0.25) is 0 Å². The van der Waals surface area contributed by atoms with Crippen molar-refractivity contribution in [3.63, 3.8) is 0 Å². The zero-order valence-corrected chi connectivity index (χ0v) is 24.2. The molecule has 0 N–H and O–H groups in total. The van der Waals surface area contributed by atoms with Crippen LogP contribution in [-0.4, -0.2) is 19.5 Å². The van der Waals surface area contributed by atoms with Gasteiger partial charge in [-0.1, -0.05) is 115 Å². The van der Waals surface area contributed by atoms with Crippen LogP contribution in [0.1, 0.15) is 5.56 Å². The van der Waals surface area contributed by atoms with Gasteiger partial charge in [-0.05, 0) is 60.5 Å². The van der Waals surface area contributed by atoms with E-state index in [-0.39, 0.29) is 0 Å². The Hall–Kier alpha value is -5.87. The predicted octanol–water partition coefficient (Wildman–Crippen LogP) is 9.95. The summed E-state index contributed by atoms with van der Waals surface area (Å²) in [5, 5.41) is 2.47. The molecule has 0 bridgehead atoms. The summed E-state index contributed by atoms with van der Waals surface area (Å²) in [7, 11) is 0. The van der Waals surface area contributed by atoms with E-state index < -0.39 is 0 Å². The Labute approximate surface area is 256 Å². The fourth-order valence-electron chi connectivity index (χ4n) is 5.87. The number of hydrogen-bond acceptors (Lipinski definition) is 3. The molecule has 2 heterocycles. The van der Waals surface area contributed by atoms with Gasteiger partial charge in [-0.3, -0.25) is 0 Å². The average Bonchev–Trinajstić information content (AvgIpc) is 3.43. The zero-order valence-electron chi connectivity index (χ0n) is 24.2. The summed E-state index contributed by atoms with van der Waals surface area (Å²) in [4.78, 5) is 14.7. The van der Waals surface area contributed by atoms with E-state index in [4.69, 9.17) is 15.0 Å². The van der Waals surface area contributed by atoms with Crippen molar-refractivity contribution in [2.45, 2.75) is 6.92 Å². The first-order chi connectivity index (χ1) is 21.7. The molecule has 4 heteroatoms. The van der Waals surface area contributed by atoms with E-state index in [0.717, 1.165) is 22.4 Å². The molecule has 0 aliphatic carbocycles. The fourth-order valence-corrected chi connectivity index (χ4v) is 5.87. The van der Waals surface area contributed by atoms with Crippen LogP contribution in [0, 0.1) is 6.92 Å². The summed E-state index contributed by atoms with van der Waals surface area (Å²) in [5.41, 5.74) is 9.92. The van der Waals surface area contributed by atoms with Crippen molar-refractivity contribution in [3.05, 3.63) is 157 Å². The zero-order chi connectivity index (χ0) is 29.5. The number of para-hydroxylation sites is 1. The molecule has 0 spiro atoms. The maximum Gasteiger partial charge on any atom is 0.164 e. The highest BCUT2D eigenvalue weighted by Gasteiger charge is 2.15. The first-order valence-electron chi connectivity index (χ1n) is 14.8. The molecule has 0 saturated carbocycles. The summed E-state index contributed by atoms with van der Waals surface area (Å²) in [6, 6.07) is 52.8. The van der Waals surface area contributed by atoms with Gasteiger partial charge < -0.3 is 4.57 Å². The van der Waals surface area contributed by atoms with Crippen molar-refractivity contribution in [2.75, 3.05) is 0 Å². The molecule has 6 aromatic carbocycles. The van der Waals surface area contributed by atoms with Crippen molar-refractivity contribution in [2.24, 2.45) is 0 Å². The molecule has 4 nitrogen and oxygen atoms in total. The van der Waals surface area contributed by atoms with E-state index in [0.29, 0.717) is 17.5 Å². The van der Waals surface area contributed by atoms with Crippen LogP contribution in [0.2, 0.25) is 0 Å². The fraction of sp³-hybridized carbons (Fsp3) is 0.0250. The largest absolute Gasteiger partial charge is 0.309 e. The van der Waals surface area contributed by atoms with Crippen molar-refractivity contribution in [1.29, 1.82) is 0 Å². The SMILES string of the molecule is Cc1ccc(-c2nc(-c3ccccc3)nc(-c3ccc(-n4c5ccccc5c5cc(-c6ccccc6)ccc54)cc3)n2)cc1. The summed E-state index contributed by atoms with van der Waals surface area (Å²) < 4.78 is 2.34. The van der Waals surface area contributed by atoms with Gasteiger partial charge in [0.15, 0.2) is 17.5 Å². The summed E-state index contributed by atoms with van der Waals surface area (Å²) in [5.74, 6) is 1.97. The Bertz CT molecular complexity index is 2250. The Morgan fingerprint density at radius 1 is 0.386 bits per heavy atom. The van der Waals surface area contributed by atoms with E-state index in [2.05, 4.69) is 133 Å². The summed E-state index contributed by atoms with van der Waals surface area (Å²) in [6.45, 7) is 2.08. The summed E-state index contributed by atoms with van der Waals surface area (Å²) >= 11 is 0. The Balaban J connectivity index is 1.24. The normalized spacial score (nSPS) is 11.3. The lowest BCUT2D eigenvalue weighted by atomic mass is 10.0. The van der Waals surface area contributed by atoms with Crippen LogP contribution in [0.5, 0.6) is 0 Å². The smallest absolute Gasteiger partial charge is 0.164 e. The lowest BCUT2D eigenvalue weighted by Crippen LogP contribution is -2.00. The molecule has 44 heavy (non-hydrogen) atoms. The predicted molar refractivity (Wildman–Crippen MR) is 181 cm³/mol. The Morgan fingerprint density at radius 3 is 1.50 bits per heavy atom. The molecule has 0 amide bonds. The van der Waals surface area contributed by atoms with Gasteiger partial charge >= 0.3 is 0 Å². The molecule has 0 aliphatic heterocycles. The number of benzene rings is 6. The van der Waals surface area contributed by atoms with Crippen molar-refractivity contribution >= 4 is 21.8 Å². The Kier molecular flexibility index (Phi) is 6.31. The number of aryl methyl sites for hydroxylation is 1. The molecule has 8 aromatic rings. The van der Waals surface area contributed by atoms with Gasteiger partial charge in [-0.15, -0.1) is 0 Å². The van der Waals surface area contributed by atoms with Crippen LogP contribution in [0.4, 0.5) is 0 Å². The van der Waals surface area contributed by atoms with E-state index >= 15 is 0 Å². The monoisotopic (exact) mass is 564 g/mol. The molecule has 0 fully saturated rings. The second kappa shape index (κ2) is 10.8. The van der Waals surface area contributed by atoms with Crippen molar-refractivity contribution in [3.8, 4) is 51.0 Å². The van der Waals surface area contributed by atoms with Crippen LogP contribution in [0.25, 0.3) is 72.8 Å². The molecule has 0 saturated heterocycles. The number of aromatic nitrogens is 4. The number of rotatable bonds is 5. The highest BCUT2D eigenvalue weighted by atomic mass is 15.0. The highest BCUT2D eigenvalue weighted by Crippen LogP contribution is 2.35. The highest BCUT2D eigenvalue weighted by molar-refractivity contribution is 6.10. The first-order valence-corrected chi connectivity index (χ1v) is 14.8. The number of nitrogens with zero attached hydrogens (tertiary/aromatic N) is 4. The van der Waals surface area contributed by atoms with Crippen LogP contribution in [0.3, 0.4) is 0 Å². The maximum atomic E-state index is 4.93. The molecule has 0 unspecified atom stereocenters. The standard InChI is InChI=1S/C40H28N4/c1-27-16-18-30(19-17-27)39-41-38(29-12-6-3-7-13-29)42-40(43-39)31-20-23-33(24-21-31)44-36-15-9-8-14-34(36)35-26-32(22-25-37(35)44)28-10-4-2-5-11-28/h2-26H,1H3. The van der Waals surface area contributed by atoms with E-state index in [1.54, 1.807) is 0 Å². The van der Waals surface area contributed by atoms with Crippen molar-refractivity contribution in [1.82, 2.24) is 19.5 Å². The third-order valence-electron chi connectivity index (χ3n) is 8.14. The molecule has 208 valence electrons. The van der Waals surface area contributed by atoms with Crippen LogP contribution in [-0.2, 0) is 0 Å². The maximum absolute atomic E-state index is 4.93. The minimum absolute atomic E-state index is 0.649. The van der Waals surface area contributed by atoms with Crippen LogP contribution < -0.4 is 0 Å². The molecule has 0 aliphatic rings. The number of hydrogen-bond donors (Lipinski definition) is 0. The lowest BCUT2D eigenvalue weighted by Gasteiger charge is -2.11. The van der Waals surface area contributed by atoms with Gasteiger partial charge in [0.1, 0.15) is 0 Å². The van der Waals surface area contributed by atoms with Gasteiger partial charge in [0, 0.05) is 33.2 Å². The third kappa shape index (κ3) is 4.63. The summed E-state index contributed by atoms with van der Waals surface area (Å²) in [6.07, 6.45) is 0. The van der Waals surface area contributed by atoms with Gasteiger partial charge in [-0.2, -0.15) is 0 Å². The molecule has 2 aromatic heterocycles. The second-order valence-corrected chi connectivity index (χ2v) is 11.0. The van der Waals surface area contributed by atoms with Crippen molar-refractivity contribution < 1.29 is 0 Å². The van der Waals surface area contributed by atoms with Gasteiger partial charge in [0.05, 0.1) is 11.0 Å². The minimum Gasteiger partial charge on any atom is -0.309 e. The van der Waals surface area contributed by atoms with E-state index in [9.17, 15) is 0 Å². The van der Waals surface area contributed by atoms with Gasteiger partial charge in [0.25, 0.3) is 0 Å². The van der Waals surface area contributed by atoms with Crippen LogP contribution in [0.15, 0.2) is 152 Å².